The topological polar surface area (TPSA) is 78.4 Å². The number of aliphatic carboxylic acids is 1. The second kappa shape index (κ2) is 8.42. The molecule has 0 fully saturated rings. The molecule has 5 nitrogen and oxygen atoms in total. The number of hydrogen-bond acceptors (Lipinski definition) is 3. The first kappa shape index (κ1) is 15.4. The van der Waals surface area contributed by atoms with Crippen molar-refractivity contribution in [2.75, 3.05) is 23.9 Å². The molecule has 1 aromatic rings. The Hall–Kier alpha value is -1.69. The third-order valence-corrected chi connectivity index (χ3v) is 3.04. The van der Waals surface area contributed by atoms with Crippen LogP contribution in [0.5, 0.6) is 0 Å². The maximum absolute atomic E-state index is 11.4. The highest BCUT2D eigenvalue weighted by atomic mass is 32.2. The van der Waals surface area contributed by atoms with Crippen molar-refractivity contribution in [1.82, 2.24) is 5.32 Å². The molecule has 19 heavy (non-hydrogen) atoms. The molecule has 0 aliphatic carbocycles. The number of hydrogen-bond donors (Lipinski definition) is 3. The summed E-state index contributed by atoms with van der Waals surface area (Å²) in [5.41, 5.74) is 1.92. The van der Waals surface area contributed by atoms with E-state index in [1.54, 1.807) is 11.8 Å². The summed E-state index contributed by atoms with van der Waals surface area (Å²) in [7, 11) is 0. The summed E-state index contributed by atoms with van der Waals surface area (Å²) in [6, 6.07) is 7.24. The van der Waals surface area contributed by atoms with Crippen LogP contribution in [0.15, 0.2) is 24.3 Å². The molecule has 0 spiro atoms. The van der Waals surface area contributed by atoms with E-state index in [1.165, 1.54) is 5.56 Å². The summed E-state index contributed by atoms with van der Waals surface area (Å²) in [5.74, 6) is 0.140. The van der Waals surface area contributed by atoms with Crippen molar-refractivity contribution in [2.24, 2.45) is 0 Å². The Labute approximate surface area is 116 Å². The van der Waals surface area contributed by atoms with Gasteiger partial charge in [0.1, 0.15) is 0 Å². The van der Waals surface area contributed by atoms with E-state index in [-0.39, 0.29) is 13.0 Å². The first-order valence-electron chi connectivity index (χ1n) is 5.96. The molecule has 0 aliphatic heterocycles. The smallest absolute Gasteiger partial charge is 0.319 e. The van der Waals surface area contributed by atoms with E-state index in [0.717, 1.165) is 12.2 Å². The molecule has 0 aliphatic rings. The molecule has 0 aromatic heterocycles. The number of carboxylic acids is 1. The zero-order valence-corrected chi connectivity index (χ0v) is 11.6. The van der Waals surface area contributed by atoms with Crippen LogP contribution in [0.4, 0.5) is 10.5 Å². The first-order chi connectivity index (χ1) is 9.11. The van der Waals surface area contributed by atoms with Crippen molar-refractivity contribution in [3.63, 3.8) is 0 Å². The lowest BCUT2D eigenvalue weighted by molar-refractivity contribution is -0.136. The Morgan fingerprint density at radius 1 is 1.26 bits per heavy atom. The minimum atomic E-state index is -0.932. The quantitative estimate of drug-likeness (QED) is 0.716. The van der Waals surface area contributed by atoms with Crippen molar-refractivity contribution < 1.29 is 14.7 Å². The van der Waals surface area contributed by atoms with Crippen LogP contribution in [0.2, 0.25) is 0 Å². The first-order valence-corrected chi connectivity index (χ1v) is 7.35. The van der Waals surface area contributed by atoms with Gasteiger partial charge in [-0.25, -0.2) is 4.79 Å². The summed E-state index contributed by atoms with van der Waals surface area (Å²) in [6.07, 6.45) is 2.99. The average Bonchev–Trinajstić information content (AvgIpc) is 2.37. The van der Waals surface area contributed by atoms with Crippen LogP contribution in [0.25, 0.3) is 0 Å². The maximum atomic E-state index is 11.4. The molecule has 0 bridgehead atoms. The highest BCUT2D eigenvalue weighted by Gasteiger charge is 2.02. The van der Waals surface area contributed by atoms with Gasteiger partial charge < -0.3 is 15.7 Å². The molecule has 1 rings (SSSR count). The number of nitrogens with one attached hydrogen (secondary N) is 2. The Morgan fingerprint density at radius 2 is 1.95 bits per heavy atom. The molecular weight excluding hydrogens is 264 g/mol. The van der Waals surface area contributed by atoms with E-state index in [2.05, 4.69) is 16.9 Å². The second-order valence-electron chi connectivity index (χ2n) is 3.96. The van der Waals surface area contributed by atoms with E-state index in [4.69, 9.17) is 5.11 Å². The number of urea groups is 1. The summed E-state index contributed by atoms with van der Waals surface area (Å²) in [6.45, 7) is 0.118. The SMILES string of the molecule is CSCCc1ccc(NC(=O)NCCC(=O)O)cc1. The zero-order chi connectivity index (χ0) is 14.1. The fraction of sp³-hybridized carbons (Fsp3) is 0.385. The number of carbonyl (C=O) groups excluding carboxylic acids is 1. The summed E-state index contributed by atoms with van der Waals surface area (Å²) >= 11 is 1.80. The van der Waals surface area contributed by atoms with Crippen molar-refractivity contribution in [3.05, 3.63) is 29.8 Å². The molecule has 1 aromatic carbocycles. The van der Waals surface area contributed by atoms with Gasteiger partial charge in [0.15, 0.2) is 0 Å². The van der Waals surface area contributed by atoms with Crippen LogP contribution in [0.3, 0.4) is 0 Å². The molecule has 0 saturated heterocycles. The van der Waals surface area contributed by atoms with Crippen molar-refractivity contribution in [3.8, 4) is 0 Å². The van der Waals surface area contributed by atoms with Gasteiger partial charge in [-0.05, 0) is 36.1 Å². The summed E-state index contributed by atoms with van der Waals surface area (Å²) < 4.78 is 0. The van der Waals surface area contributed by atoms with Crippen LogP contribution in [0, 0.1) is 0 Å². The minimum Gasteiger partial charge on any atom is -0.481 e. The van der Waals surface area contributed by atoms with Gasteiger partial charge in [0.05, 0.1) is 6.42 Å². The molecule has 0 unspecified atom stereocenters. The van der Waals surface area contributed by atoms with E-state index in [1.807, 2.05) is 24.3 Å². The van der Waals surface area contributed by atoms with E-state index in [9.17, 15) is 9.59 Å². The predicted octanol–water partition coefficient (Wildman–Crippen LogP) is 2.19. The lowest BCUT2D eigenvalue weighted by Gasteiger charge is -2.07. The van der Waals surface area contributed by atoms with Crippen LogP contribution >= 0.6 is 11.8 Å². The number of anilines is 1. The standard InChI is InChI=1S/C13H18N2O3S/c1-19-9-7-10-2-4-11(5-3-10)15-13(18)14-8-6-12(16)17/h2-5H,6-9H2,1H3,(H,16,17)(H2,14,15,18). The fourth-order valence-electron chi connectivity index (χ4n) is 1.43. The number of carboxylic acid groups (broad SMARTS) is 1. The van der Waals surface area contributed by atoms with Gasteiger partial charge in [0, 0.05) is 12.2 Å². The lowest BCUT2D eigenvalue weighted by Crippen LogP contribution is -2.30. The number of carbonyl (C=O) groups is 2. The van der Waals surface area contributed by atoms with Crippen LogP contribution < -0.4 is 10.6 Å². The molecule has 2 amide bonds. The Bertz CT molecular complexity index is 420. The third-order valence-electron chi connectivity index (χ3n) is 2.43. The molecule has 104 valence electrons. The minimum absolute atomic E-state index is 0.0823. The van der Waals surface area contributed by atoms with Crippen LogP contribution in [-0.2, 0) is 11.2 Å². The zero-order valence-electron chi connectivity index (χ0n) is 10.8. The van der Waals surface area contributed by atoms with Gasteiger partial charge >= 0.3 is 12.0 Å². The third kappa shape index (κ3) is 6.71. The Kier molecular flexibility index (Phi) is 6.81. The molecular formula is C13H18N2O3S. The molecule has 0 atom stereocenters. The Balaban J connectivity index is 2.35. The van der Waals surface area contributed by atoms with Crippen molar-refractivity contribution >= 4 is 29.4 Å². The van der Waals surface area contributed by atoms with Crippen LogP contribution in [-0.4, -0.2) is 35.7 Å². The number of rotatable bonds is 7. The number of benzene rings is 1. The number of amides is 2. The summed E-state index contributed by atoms with van der Waals surface area (Å²) in [4.78, 5) is 21.7. The van der Waals surface area contributed by atoms with Gasteiger partial charge in [-0.3, -0.25) is 4.79 Å². The second-order valence-corrected chi connectivity index (χ2v) is 4.95. The highest BCUT2D eigenvalue weighted by Crippen LogP contribution is 2.11. The largest absolute Gasteiger partial charge is 0.481 e. The van der Waals surface area contributed by atoms with Gasteiger partial charge in [0.25, 0.3) is 0 Å². The molecule has 0 heterocycles. The molecule has 0 radical (unpaired) electrons. The molecule has 3 N–H and O–H groups in total. The summed E-state index contributed by atoms with van der Waals surface area (Å²) in [5, 5.41) is 13.6. The number of aryl methyl sites for hydroxylation is 1. The monoisotopic (exact) mass is 282 g/mol. The van der Waals surface area contributed by atoms with E-state index < -0.39 is 12.0 Å². The fourth-order valence-corrected chi connectivity index (χ4v) is 1.87. The van der Waals surface area contributed by atoms with Gasteiger partial charge in [0.2, 0.25) is 0 Å². The lowest BCUT2D eigenvalue weighted by atomic mass is 10.1. The van der Waals surface area contributed by atoms with E-state index in [0.29, 0.717) is 5.69 Å². The number of thioether (sulfide) groups is 1. The van der Waals surface area contributed by atoms with Gasteiger partial charge in [-0.2, -0.15) is 11.8 Å². The van der Waals surface area contributed by atoms with Gasteiger partial charge in [-0.15, -0.1) is 0 Å². The average molecular weight is 282 g/mol. The van der Waals surface area contributed by atoms with Crippen molar-refractivity contribution in [2.45, 2.75) is 12.8 Å². The molecule has 0 saturated carbocycles. The Morgan fingerprint density at radius 3 is 2.53 bits per heavy atom. The normalized spacial score (nSPS) is 9.95. The van der Waals surface area contributed by atoms with Gasteiger partial charge in [-0.1, -0.05) is 12.1 Å². The highest BCUT2D eigenvalue weighted by molar-refractivity contribution is 7.98. The van der Waals surface area contributed by atoms with Crippen molar-refractivity contribution in [1.29, 1.82) is 0 Å². The predicted molar refractivity (Wildman–Crippen MR) is 77.8 cm³/mol. The molecule has 6 heteroatoms. The van der Waals surface area contributed by atoms with Crippen LogP contribution in [0.1, 0.15) is 12.0 Å². The van der Waals surface area contributed by atoms with E-state index >= 15 is 0 Å². The maximum Gasteiger partial charge on any atom is 0.319 e.